The van der Waals surface area contributed by atoms with E-state index in [1.807, 2.05) is 11.3 Å². The maximum absolute atomic E-state index is 3.78. The number of aryl methyl sites for hydroxylation is 1. The Morgan fingerprint density at radius 1 is 1.05 bits per heavy atom. The quantitative estimate of drug-likeness (QED) is 0.748. The van der Waals surface area contributed by atoms with Crippen molar-refractivity contribution in [1.29, 1.82) is 0 Å². The van der Waals surface area contributed by atoms with Crippen molar-refractivity contribution in [2.24, 2.45) is 11.8 Å². The summed E-state index contributed by atoms with van der Waals surface area (Å²) in [6, 6.07) is 5.37. The fourth-order valence-electron chi connectivity index (χ4n) is 3.50. The van der Waals surface area contributed by atoms with Crippen LogP contribution in [0.3, 0.4) is 0 Å². The van der Waals surface area contributed by atoms with Gasteiger partial charge in [0.2, 0.25) is 0 Å². The average Bonchev–Trinajstić information content (AvgIpc) is 3.16. The highest BCUT2D eigenvalue weighted by Gasteiger charge is 2.26. The zero-order valence-electron chi connectivity index (χ0n) is 11.9. The molecule has 2 saturated carbocycles. The maximum Gasteiger partial charge on any atom is 0.00683 e. The number of hydrogen-bond acceptors (Lipinski definition) is 2. The molecule has 1 aromatic rings. The molecule has 2 heteroatoms. The lowest BCUT2D eigenvalue weighted by molar-refractivity contribution is 0.283. The van der Waals surface area contributed by atoms with Crippen LogP contribution in [0.15, 0.2) is 17.5 Å². The van der Waals surface area contributed by atoms with E-state index >= 15 is 0 Å². The lowest BCUT2D eigenvalue weighted by Gasteiger charge is -2.25. The van der Waals surface area contributed by atoms with Crippen molar-refractivity contribution in [3.05, 3.63) is 22.4 Å². The summed E-state index contributed by atoms with van der Waals surface area (Å²) >= 11 is 1.93. The van der Waals surface area contributed by atoms with Crippen molar-refractivity contribution >= 4 is 11.3 Å². The van der Waals surface area contributed by atoms with Crippen LogP contribution in [0.2, 0.25) is 0 Å². The molecule has 3 rings (SSSR count). The van der Waals surface area contributed by atoms with E-state index in [1.165, 1.54) is 64.3 Å². The molecule has 2 unspecified atom stereocenters. The van der Waals surface area contributed by atoms with Gasteiger partial charge in [-0.1, -0.05) is 31.7 Å². The fourth-order valence-corrected chi connectivity index (χ4v) is 4.22. The fraction of sp³-hybridized carbons (Fsp3) is 0.765. The Labute approximate surface area is 121 Å². The summed E-state index contributed by atoms with van der Waals surface area (Å²) in [6.07, 6.45) is 12.9. The molecule has 1 heterocycles. The van der Waals surface area contributed by atoms with E-state index in [4.69, 9.17) is 0 Å². The van der Waals surface area contributed by atoms with Crippen LogP contribution in [0.1, 0.15) is 56.2 Å². The van der Waals surface area contributed by atoms with E-state index < -0.39 is 0 Å². The van der Waals surface area contributed by atoms with Gasteiger partial charge in [0.1, 0.15) is 0 Å². The number of thiophene rings is 1. The van der Waals surface area contributed by atoms with Gasteiger partial charge in [-0.3, -0.25) is 0 Å². The first-order valence-electron chi connectivity index (χ1n) is 8.17. The van der Waals surface area contributed by atoms with Crippen LogP contribution in [-0.4, -0.2) is 12.6 Å². The summed E-state index contributed by atoms with van der Waals surface area (Å²) in [4.78, 5) is 1.58. The lowest BCUT2D eigenvalue weighted by atomic mass is 9.84. The second kappa shape index (κ2) is 6.90. The topological polar surface area (TPSA) is 12.0 Å². The summed E-state index contributed by atoms with van der Waals surface area (Å²) < 4.78 is 0. The van der Waals surface area contributed by atoms with Crippen LogP contribution in [0.25, 0.3) is 0 Å². The van der Waals surface area contributed by atoms with Gasteiger partial charge in [0.15, 0.2) is 0 Å². The second-order valence-electron chi connectivity index (χ2n) is 6.46. The Hall–Kier alpha value is -0.340. The van der Waals surface area contributed by atoms with Crippen molar-refractivity contribution in [3.63, 3.8) is 0 Å². The summed E-state index contributed by atoms with van der Waals surface area (Å²) in [5.41, 5.74) is 0. The molecule has 1 aromatic heterocycles. The van der Waals surface area contributed by atoms with Crippen molar-refractivity contribution in [1.82, 2.24) is 5.32 Å². The zero-order chi connectivity index (χ0) is 12.9. The van der Waals surface area contributed by atoms with Gasteiger partial charge < -0.3 is 5.32 Å². The van der Waals surface area contributed by atoms with Gasteiger partial charge >= 0.3 is 0 Å². The number of rotatable bonds is 6. The molecule has 0 bridgehead atoms. The standard InChI is InChI=1S/C17H27NS/c1-2-5-14(8-11-17-7-4-12-19-17)15(6-3-1)13-18-16-9-10-16/h4,7,12,14-16,18H,1-3,5-6,8-11,13H2. The molecular formula is C17H27NS. The van der Waals surface area contributed by atoms with Crippen LogP contribution in [0.4, 0.5) is 0 Å². The third kappa shape index (κ3) is 4.32. The SMILES string of the molecule is c1csc(CCC2CCCCCC2CNC2CC2)c1. The van der Waals surface area contributed by atoms with Crippen LogP contribution >= 0.6 is 11.3 Å². The number of hydrogen-bond donors (Lipinski definition) is 1. The normalized spacial score (nSPS) is 28.2. The summed E-state index contributed by atoms with van der Waals surface area (Å²) in [5.74, 6) is 1.92. The third-order valence-electron chi connectivity index (χ3n) is 4.90. The van der Waals surface area contributed by atoms with Gasteiger partial charge in [-0.2, -0.15) is 0 Å². The average molecular weight is 277 g/mol. The molecule has 0 aliphatic heterocycles. The van der Waals surface area contributed by atoms with Crippen molar-refractivity contribution in [2.75, 3.05) is 6.54 Å². The van der Waals surface area contributed by atoms with E-state index in [2.05, 4.69) is 22.8 Å². The van der Waals surface area contributed by atoms with Crippen LogP contribution < -0.4 is 5.32 Å². The molecule has 2 aliphatic carbocycles. The van der Waals surface area contributed by atoms with Crippen LogP contribution in [0.5, 0.6) is 0 Å². The molecule has 2 aliphatic rings. The molecule has 0 amide bonds. The Morgan fingerprint density at radius 2 is 1.89 bits per heavy atom. The van der Waals surface area contributed by atoms with Gasteiger partial charge in [-0.15, -0.1) is 11.3 Å². The molecule has 0 spiro atoms. The maximum atomic E-state index is 3.78. The summed E-state index contributed by atoms with van der Waals surface area (Å²) in [7, 11) is 0. The molecule has 1 N–H and O–H groups in total. The van der Waals surface area contributed by atoms with Gasteiger partial charge in [0.25, 0.3) is 0 Å². The second-order valence-corrected chi connectivity index (χ2v) is 7.49. The highest BCUT2D eigenvalue weighted by atomic mass is 32.1. The van der Waals surface area contributed by atoms with E-state index in [9.17, 15) is 0 Å². The van der Waals surface area contributed by atoms with E-state index in [-0.39, 0.29) is 0 Å². The summed E-state index contributed by atoms with van der Waals surface area (Å²) in [5, 5.41) is 6.00. The molecule has 0 radical (unpaired) electrons. The Balaban J connectivity index is 1.50. The van der Waals surface area contributed by atoms with Gasteiger partial charge in [-0.25, -0.2) is 0 Å². The monoisotopic (exact) mass is 277 g/mol. The smallest absolute Gasteiger partial charge is 0.00683 e. The molecule has 19 heavy (non-hydrogen) atoms. The predicted octanol–water partition coefficient (Wildman–Crippen LogP) is 4.63. The van der Waals surface area contributed by atoms with Crippen LogP contribution in [-0.2, 0) is 6.42 Å². The van der Waals surface area contributed by atoms with Crippen molar-refractivity contribution in [3.8, 4) is 0 Å². The summed E-state index contributed by atoms with van der Waals surface area (Å²) in [6.45, 7) is 1.29. The van der Waals surface area contributed by atoms with Crippen molar-refractivity contribution < 1.29 is 0 Å². The molecule has 1 nitrogen and oxygen atoms in total. The van der Waals surface area contributed by atoms with Crippen LogP contribution in [0, 0.1) is 11.8 Å². The first-order valence-corrected chi connectivity index (χ1v) is 9.05. The number of nitrogens with one attached hydrogen (secondary N) is 1. The van der Waals surface area contributed by atoms with Crippen molar-refractivity contribution in [2.45, 2.75) is 63.8 Å². The highest BCUT2D eigenvalue weighted by molar-refractivity contribution is 7.09. The minimum absolute atomic E-state index is 0.876. The predicted molar refractivity (Wildman–Crippen MR) is 83.7 cm³/mol. The van der Waals surface area contributed by atoms with E-state index in [0.29, 0.717) is 0 Å². The molecule has 0 saturated heterocycles. The lowest BCUT2D eigenvalue weighted by Crippen LogP contribution is -2.29. The zero-order valence-corrected chi connectivity index (χ0v) is 12.8. The first-order chi connectivity index (χ1) is 9.42. The Kier molecular flexibility index (Phi) is 4.95. The molecule has 2 fully saturated rings. The molecule has 2 atom stereocenters. The minimum atomic E-state index is 0.876. The van der Waals surface area contributed by atoms with E-state index in [1.54, 1.807) is 4.88 Å². The van der Waals surface area contributed by atoms with Gasteiger partial charge in [0.05, 0.1) is 0 Å². The Morgan fingerprint density at radius 3 is 2.63 bits per heavy atom. The van der Waals surface area contributed by atoms with E-state index in [0.717, 1.165) is 17.9 Å². The minimum Gasteiger partial charge on any atom is -0.314 e. The third-order valence-corrected chi connectivity index (χ3v) is 5.84. The van der Waals surface area contributed by atoms with Gasteiger partial charge in [0, 0.05) is 10.9 Å². The van der Waals surface area contributed by atoms with Gasteiger partial charge in [-0.05, 0) is 61.9 Å². The molecule has 0 aromatic carbocycles. The molecular weight excluding hydrogens is 250 g/mol. The first kappa shape index (κ1) is 13.6. The highest BCUT2D eigenvalue weighted by Crippen LogP contribution is 2.33. The Bertz CT molecular complexity index is 355. The molecule has 106 valence electrons. The largest absolute Gasteiger partial charge is 0.314 e.